The van der Waals surface area contributed by atoms with Crippen LogP contribution in [0.3, 0.4) is 0 Å². The highest BCUT2D eigenvalue weighted by atomic mass is 32.3. The van der Waals surface area contributed by atoms with E-state index in [0.29, 0.717) is 18.5 Å². The van der Waals surface area contributed by atoms with Crippen LogP contribution in [0.25, 0.3) is 0 Å². The van der Waals surface area contributed by atoms with Crippen LogP contribution in [0.15, 0.2) is 36.7 Å². The average molecular weight is 414 g/mol. The summed E-state index contributed by atoms with van der Waals surface area (Å²) in [5, 5.41) is 1.59. The van der Waals surface area contributed by atoms with Crippen molar-refractivity contribution in [2.75, 3.05) is 30.1 Å². The highest BCUT2D eigenvalue weighted by Gasteiger charge is 2.12. The van der Waals surface area contributed by atoms with Crippen molar-refractivity contribution in [3.05, 3.63) is 42.2 Å². The number of hydrogen-bond donors (Lipinski definition) is 2. The second-order valence-corrected chi connectivity index (χ2v) is 6.67. The molecular formula is C17H27N5O5S. The molecule has 1 heterocycles. The summed E-state index contributed by atoms with van der Waals surface area (Å²) in [6.07, 6.45) is 3.65. The molecule has 0 aliphatic heterocycles. The van der Waals surface area contributed by atoms with Gasteiger partial charge < -0.3 is 4.90 Å². The maximum absolute atomic E-state index is 8.74. The summed E-state index contributed by atoms with van der Waals surface area (Å²) in [7, 11) is -2.86. The molecule has 11 heteroatoms. The van der Waals surface area contributed by atoms with Gasteiger partial charge in [0.05, 0.1) is 0 Å². The molecule has 0 atom stereocenters. The lowest BCUT2D eigenvalue weighted by molar-refractivity contribution is 0.104. The molecule has 0 aliphatic rings. The van der Waals surface area contributed by atoms with Crippen LogP contribution in [-0.4, -0.2) is 52.6 Å². The molecule has 1 aromatic heterocycles. The molecule has 0 fully saturated rings. The monoisotopic (exact) mass is 413 g/mol. The van der Waals surface area contributed by atoms with E-state index >= 15 is 0 Å². The van der Waals surface area contributed by atoms with Gasteiger partial charge in [-0.05, 0) is 18.4 Å². The topological polar surface area (TPSA) is 129 Å². The van der Waals surface area contributed by atoms with Gasteiger partial charge in [-0.2, -0.15) is 18.4 Å². The number of anilines is 2. The van der Waals surface area contributed by atoms with Gasteiger partial charge in [0.1, 0.15) is 12.9 Å². The Bertz CT molecular complexity index is 778. The third-order valence-corrected chi connectivity index (χ3v) is 3.37. The van der Waals surface area contributed by atoms with Crippen molar-refractivity contribution >= 4 is 22.3 Å². The molecule has 0 aliphatic carbocycles. The predicted molar refractivity (Wildman–Crippen MR) is 106 cm³/mol. The van der Waals surface area contributed by atoms with Gasteiger partial charge >= 0.3 is 10.4 Å². The van der Waals surface area contributed by atoms with Crippen LogP contribution < -0.4 is 9.96 Å². The molecule has 0 spiro atoms. The Morgan fingerprint density at radius 3 is 2.07 bits per heavy atom. The first kappa shape index (κ1) is 23.7. The van der Waals surface area contributed by atoms with Crippen LogP contribution in [0.5, 0.6) is 0 Å². The first-order chi connectivity index (χ1) is 13.2. The number of rotatable bonds is 9. The van der Waals surface area contributed by atoms with Crippen molar-refractivity contribution in [3.63, 3.8) is 0 Å². The Hall–Kier alpha value is -2.34. The molecule has 2 rings (SSSR count). The Labute approximate surface area is 165 Å². The third kappa shape index (κ3) is 10.1. The molecular weight excluding hydrogens is 386 g/mol. The van der Waals surface area contributed by atoms with Gasteiger partial charge in [-0.25, -0.2) is 10.0 Å². The molecule has 1 aromatic carbocycles. The molecule has 0 saturated heterocycles. The van der Waals surface area contributed by atoms with Crippen molar-refractivity contribution < 1.29 is 22.4 Å². The fourth-order valence-electron chi connectivity index (χ4n) is 2.24. The normalized spacial score (nSPS) is 10.8. The van der Waals surface area contributed by atoms with Gasteiger partial charge in [-0.1, -0.05) is 44.2 Å². The van der Waals surface area contributed by atoms with E-state index in [1.807, 2.05) is 37.4 Å². The Morgan fingerprint density at radius 1 is 1.00 bits per heavy atom. The summed E-state index contributed by atoms with van der Waals surface area (Å²) < 4.78 is 31.6. The second-order valence-electron chi connectivity index (χ2n) is 5.78. The second kappa shape index (κ2) is 12.2. The third-order valence-electron chi connectivity index (χ3n) is 3.37. The summed E-state index contributed by atoms with van der Waals surface area (Å²) in [5.41, 5.74) is 1.10. The summed E-state index contributed by atoms with van der Waals surface area (Å²) in [5.74, 6) is 1.22. The van der Waals surface area contributed by atoms with Gasteiger partial charge in [-0.15, -0.1) is 0 Å². The van der Waals surface area contributed by atoms with Crippen molar-refractivity contribution in [3.8, 4) is 0 Å². The van der Waals surface area contributed by atoms with Gasteiger partial charge in [0.15, 0.2) is 0 Å². The van der Waals surface area contributed by atoms with Crippen molar-refractivity contribution in [2.24, 2.45) is 0 Å². The van der Waals surface area contributed by atoms with Crippen molar-refractivity contribution in [1.29, 1.82) is 0 Å². The molecule has 2 aromatic rings. The Morgan fingerprint density at radius 2 is 1.54 bits per heavy atom. The number of hydroxylamine groups is 1. The first-order valence-electron chi connectivity index (χ1n) is 8.79. The highest BCUT2D eigenvalue weighted by molar-refractivity contribution is 7.79. The molecule has 0 amide bonds. The zero-order valence-corrected chi connectivity index (χ0v) is 17.1. The standard InChI is InChI=1S/C17H25N5O.H2O4S/c1-4-11-22(12-5-2)17-19-14-18-16(20-17)21(3)23-13-15-9-7-6-8-10-15;1-5(2,3)4/h6-10,14H,4-5,11-13H2,1-3H3;(H2,1,2,3,4). The SMILES string of the molecule is CCCN(CCC)c1ncnc(N(C)OCc2ccccc2)n1.O=S(=O)(O)O. The Balaban J connectivity index is 0.000000696. The lowest BCUT2D eigenvalue weighted by Gasteiger charge is -2.22. The Kier molecular flexibility index (Phi) is 10.3. The van der Waals surface area contributed by atoms with Crippen LogP contribution in [0.4, 0.5) is 11.9 Å². The minimum atomic E-state index is -4.67. The van der Waals surface area contributed by atoms with E-state index in [1.54, 1.807) is 11.4 Å². The zero-order chi connectivity index (χ0) is 21.0. The molecule has 2 N–H and O–H groups in total. The summed E-state index contributed by atoms with van der Waals surface area (Å²) >= 11 is 0. The number of nitrogens with zero attached hydrogens (tertiary/aromatic N) is 5. The fourth-order valence-corrected chi connectivity index (χ4v) is 2.24. The quantitative estimate of drug-likeness (QED) is 0.467. The van der Waals surface area contributed by atoms with Crippen LogP contribution >= 0.6 is 0 Å². The van der Waals surface area contributed by atoms with Crippen molar-refractivity contribution in [1.82, 2.24) is 15.0 Å². The minimum Gasteiger partial charge on any atom is -0.341 e. The first-order valence-corrected chi connectivity index (χ1v) is 10.2. The summed E-state index contributed by atoms with van der Waals surface area (Å²) in [6, 6.07) is 10.0. The largest absolute Gasteiger partial charge is 0.394 e. The molecule has 10 nitrogen and oxygen atoms in total. The smallest absolute Gasteiger partial charge is 0.341 e. The van der Waals surface area contributed by atoms with Gasteiger partial charge in [-0.3, -0.25) is 13.9 Å². The van der Waals surface area contributed by atoms with Crippen molar-refractivity contribution in [2.45, 2.75) is 33.3 Å². The molecule has 0 bridgehead atoms. The summed E-state index contributed by atoms with van der Waals surface area (Å²) in [4.78, 5) is 20.9. The molecule has 0 saturated carbocycles. The lowest BCUT2D eigenvalue weighted by atomic mass is 10.2. The summed E-state index contributed by atoms with van der Waals surface area (Å²) in [6.45, 7) is 6.66. The molecule has 0 radical (unpaired) electrons. The number of aromatic nitrogens is 3. The van der Waals surface area contributed by atoms with Gasteiger partial charge in [0.25, 0.3) is 5.95 Å². The van der Waals surface area contributed by atoms with Gasteiger partial charge in [0, 0.05) is 20.1 Å². The lowest BCUT2D eigenvalue weighted by Crippen LogP contribution is -2.28. The van der Waals surface area contributed by atoms with E-state index < -0.39 is 10.4 Å². The minimum absolute atomic E-state index is 0.478. The van der Waals surface area contributed by atoms with Gasteiger partial charge in [0.2, 0.25) is 5.95 Å². The fraction of sp³-hybridized carbons (Fsp3) is 0.471. The van der Waals surface area contributed by atoms with E-state index in [2.05, 4.69) is 33.7 Å². The van der Waals surface area contributed by atoms with Crippen LogP contribution in [-0.2, 0) is 21.8 Å². The average Bonchev–Trinajstić information content (AvgIpc) is 2.65. The maximum Gasteiger partial charge on any atom is 0.394 e. The van der Waals surface area contributed by atoms with Crippen LogP contribution in [0.2, 0.25) is 0 Å². The van der Waals surface area contributed by atoms with E-state index in [9.17, 15) is 0 Å². The van der Waals surface area contributed by atoms with E-state index in [-0.39, 0.29) is 0 Å². The predicted octanol–water partition coefficient (Wildman–Crippen LogP) is 2.41. The van der Waals surface area contributed by atoms with E-state index in [4.69, 9.17) is 22.4 Å². The molecule has 156 valence electrons. The van der Waals surface area contributed by atoms with Crippen LogP contribution in [0.1, 0.15) is 32.3 Å². The number of hydrogen-bond acceptors (Lipinski definition) is 8. The van der Waals surface area contributed by atoms with E-state index in [0.717, 1.165) is 31.5 Å². The van der Waals surface area contributed by atoms with E-state index in [1.165, 1.54) is 0 Å². The number of benzene rings is 1. The van der Waals surface area contributed by atoms with Crippen LogP contribution in [0, 0.1) is 0 Å². The molecule has 0 unspecified atom stereocenters. The molecule has 28 heavy (non-hydrogen) atoms. The maximum atomic E-state index is 8.74. The highest BCUT2D eigenvalue weighted by Crippen LogP contribution is 2.13. The zero-order valence-electron chi connectivity index (χ0n) is 16.3.